The van der Waals surface area contributed by atoms with Gasteiger partial charge in [0, 0.05) is 18.4 Å². The Balaban J connectivity index is 3.17. The molecule has 1 aromatic carbocycles. The molecule has 0 fully saturated rings. The molecule has 0 bridgehead atoms. The van der Waals surface area contributed by atoms with E-state index in [0.717, 1.165) is 0 Å². The lowest BCUT2D eigenvalue weighted by atomic mass is 9.88. The summed E-state index contributed by atoms with van der Waals surface area (Å²) in [5.41, 5.74) is -1.28. The van der Waals surface area contributed by atoms with Crippen molar-refractivity contribution in [3.63, 3.8) is 0 Å². The number of esters is 1. The molecular formula is C34H41F17O5Si. The molecule has 0 heterocycles. The SMILES string of the molecule is CCOC(=O)/C=C/C=C/[C@H](C)[C@@H](O)c1ccc(OCCO[Si](CCC(F)(F)C(F)(F)C(F)(F)C(F)(F)C(F)(F)C(F)(F)C(F)(F)C(F)(F)F)(C(C)C)C(C)C)cc1. The van der Waals surface area contributed by atoms with Crippen LogP contribution in [0.1, 0.15) is 59.6 Å². The number of hydrogen-bond acceptors (Lipinski definition) is 5. The Hall–Kier alpha value is -3.08. The molecule has 0 aliphatic heterocycles. The molecule has 0 aliphatic carbocycles. The Morgan fingerprint density at radius 3 is 1.58 bits per heavy atom. The van der Waals surface area contributed by atoms with Gasteiger partial charge in [-0.15, -0.1) is 0 Å². The molecule has 330 valence electrons. The van der Waals surface area contributed by atoms with Crippen LogP contribution in [-0.2, 0) is 14.0 Å². The van der Waals surface area contributed by atoms with Crippen molar-refractivity contribution >= 4 is 14.3 Å². The number of aliphatic hydroxyl groups excluding tert-OH is 1. The van der Waals surface area contributed by atoms with Crippen LogP contribution in [0, 0.1) is 5.92 Å². The van der Waals surface area contributed by atoms with E-state index in [1.54, 1.807) is 19.9 Å². The number of halogens is 17. The molecular weight excluding hydrogens is 839 g/mol. The second kappa shape index (κ2) is 18.5. The highest BCUT2D eigenvalue weighted by molar-refractivity contribution is 6.76. The van der Waals surface area contributed by atoms with E-state index in [0.29, 0.717) is 5.56 Å². The molecule has 0 saturated heterocycles. The second-order valence-electron chi connectivity index (χ2n) is 13.5. The molecule has 23 heteroatoms. The monoisotopic (exact) mass is 880 g/mol. The standard InChI is InChI=1S/C34H41F17O5Si/c1-7-54-25(52)11-9-8-10-22(6)26(53)23-12-14-24(15-13-23)55-17-18-56-57(20(2)3,21(4)5)19-16-27(35,36)28(37,38)29(39,40)30(41,42)31(43,44)32(45,46)33(47,48)34(49,50)51/h8-15,20-22,26,53H,7,16-19H2,1-6H3/b10-8+,11-9+/t22-,26+/m0/s1. The van der Waals surface area contributed by atoms with E-state index in [1.807, 2.05) is 0 Å². The summed E-state index contributed by atoms with van der Waals surface area (Å²) in [5, 5.41) is 10.6. The molecule has 1 N–H and O–H groups in total. The number of carbonyl (C=O) groups is 1. The summed E-state index contributed by atoms with van der Waals surface area (Å²) in [5.74, 6) is -57.5. The number of aliphatic hydroxyl groups is 1. The predicted octanol–water partition coefficient (Wildman–Crippen LogP) is 11.6. The van der Waals surface area contributed by atoms with E-state index in [2.05, 4.69) is 0 Å². The van der Waals surface area contributed by atoms with Crippen LogP contribution in [0.5, 0.6) is 5.75 Å². The van der Waals surface area contributed by atoms with E-state index in [1.165, 1.54) is 70.2 Å². The summed E-state index contributed by atoms with van der Waals surface area (Å²) in [4.78, 5) is 11.3. The van der Waals surface area contributed by atoms with E-state index < -0.39 is 104 Å². The van der Waals surface area contributed by atoms with Crippen LogP contribution in [-0.4, -0.2) is 86.8 Å². The first-order valence-electron chi connectivity index (χ1n) is 16.8. The summed E-state index contributed by atoms with van der Waals surface area (Å²) >= 11 is 0. The number of alkyl halides is 17. The Bertz CT molecular complexity index is 1500. The van der Waals surface area contributed by atoms with Crippen LogP contribution in [0.2, 0.25) is 17.1 Å². The lowest BCUT2D eigenvalue weighted by molar-refractivity contribution is -0.461. The number of ether oxygens (including phenoxy) is 2. The maximum atomic E-state index is 14.9. The first-order chi connectivity index (χ1) is 25.6. The number of allylic oxidation sites excluding steroid dienone is 2. The van der Waals surface area contributed by atoms with Crippen LogP contribution in [0.15, 0.2) is 48.6 Å². The molecule has 2 atom stereocenters. The van der Waals surface area contributed by atoms with Crippen LogP contribution >= 0.6 is 0 Å². The lowest BCUT2D eigenvalue weighted by Gasteiger charge is -2.44. The summed E-state index contributed by atoms with van der Waals surface area (Å²) in [7, 11) is -3.94. The molecule has 0 amide bonds. The lowest BCUT2D eigenvalue weighted by Crippen LogP contribution is -2.74. The van der Waals surface area contributed by atoms with Crippen LogP contribution in [0.25, 0.3) is 0 Å². The van der Waals surface area contributed by atoms with Gasteiger partial charge >= 0.3 is 53.6 Å². The van der Waals surface area contributed by atoms with Gasteiger partial charge in [0.05, 0.1) is 19.3 Å². The van der Waals surface area contributed by atoms with Crippen molar-refractivity contribution in [1.29, 1.82) is 0 Å². The Kier molecular flexibility index (Phi) is 16.8. The van der Waals surface area contributed by atoms with Gasteiger partial charge in [0.1, 0.15) is 12.4 Å². The number of benzene rings is 1. The average molecular weight is 881 g/mol. The van der Waals surface area contributed by atoms with E-state index in [9.17, 15) is 84.5 Å². The van der Waals surface area contributed by atoms with E-state index >= 15 is 0 Å². The molecule has 57 heavy (non-hydrogen) atoms. The third-order valence-electron chi connectivity index (χ3n) is 9.06. The maximum Gasteiger partial charge on any atom is 0.460 e. The van der Waals surface area contributed by atoms with Crippen molar-refractivity contribution in [1.82, 2.24) is 0 Å². The van der Waals surface area contributed by atoms with E-state index in [-0.39, 0.29) is 19.0 Å². The van der Waals surface area contributed by atoms with E-state index in [4.69, 9.17) is 13.9 Å². The minimum absolute atomic E-state index is 0.168. The molecule has 0 unspecified atom stereocenters. The minimum Gasteiger partial charge on any atom is -0.491 e. The molecule has 1 aromatic rings. The van der Waals surface area contributed by atoms with Gasteiger partial charge in [-0.05, 0) is 41.7 Å². The van der Waals surface area contributed by atoms with Gasteiger partial charge in [0.2, 0.25) is 0 Å². The van der Waals surface area contributed by atoms with Gasteiger partial charge in [0.15, 0.2) is 8.32 Å². The number of rotatable bonds is 22. The first kappa shape index (κ1) is 51.9. The molecule has 0 aliphatic rings. The Morgan fingerprint density at radius 2 is 1.14 bits per heavy atom. The molecule has 0 aromatic heterocycles. The smallest absolute Gasteiger partial charge is 0.460 e. The number of hydrogen-bond donors (Lipinski definition) is 1. The fourth-order valence-electron chi connectivity index (χ4n) is 5.48. The van der Waals surface area contributed by atoms with Crippen molar-refractivity contribution in [2.45, 2.75) is 119 Å². The highest BCUT2D eigenvalue weighted by atomic mass is 28.4. The highest BCUT2D eigenvalue weighted by Crippen LogP contribution is 2.64. The zero-order valence-electron chi connectivity index (χ0n) is 31.0. The van der Waals surface area contributed by atoms with Crippen LogP contribution in [0.3, 0.4) is 0 Å². The number of carbonyl (C=O) groups excluding carboxylic acids is 1. The van der Waals surface area contributed by atoms with Crippen LogP contribution < -0.4 is 4.74 Å². The fraction of sp³-hybridized carbons (Fsp3) is 0.676. The molecule has 0 spiro atoms. The van der Waals surface area contributed by atoms with Gasteiger partial charge in [-0.3, -0.25) is 0 Å². The summed E-state index contributed by atoms with van der Waals surface area (Å²) in [6.07, 6.45) is -5.68. The summed E-state index contributed by atoms with van der Waals surface area (Å²) in [6, 6.07) is 4.47. The minimum atomic E-state index is -8.68. The van der Waals surface area contributed by atoms with Gasteiger partial charge in [-0.25, -0.2) is 4.79 Å². The average Bonchev–Trinajstić information content (AvgIpc) is 3.08. The normalized spacial score (nSPS) is 15.9. The van der Waals surface area contributed by atoms with Crippen molar-refractivity contribution in [3.8, 4) is 5.75 Å². The van der Waals surface area contributed by atoms with Gasteiger partial charge in [-0.2, -0.15) is 74.6 Å². The van der Waals surface area contributed by atoms with Crippen molar-refractivity contribution in [2.75, 3.05) is 19.8 Å². The second-order valence-corrected chi connectivity index (χ2v) is 18.5. The first-order valence-corrected chi connectivity index (χ1v) is 19.1. The summed E-state index contributed by atoms with van der Waals surface area (Å²) < 4.78 is 250. The highest BCUT2D eigenvalue weighted by Gasteiger charge is 2.95. The van der Waals surface area contributed by atoms with Crippen molar-refractivity contribution in [3.05, 3.63) is 54.1 Å². The van der Waals surface area contributed by atoms with Crippen molar-refractivity contribution in [2.24, 2.45) is 5.92 Å². The maximum absolute atomic E-state index is 14.9. The topological polar surface area (TPSA) is 65.0 Å². The quantitative estimate of drug-likeness (QED) is 0.0314. The van der Waals surface area contributed by atoms with Crippen molar-refractivity contribution < 1.29 is 98.4 Å². The zero-order chi connectivity index (χ0) is 44.9. The molecule has 0 saturated carbocycles. The Morgan fingerprint density at radius 1 is 0.684 bits per heavy atom. The van der Waals surface area contributed by atoms with Gasteiger partial charge in [-0.1, -0.05) is 65.0 Å². The van der Waals surface area contributed by atoms with Crippen LogP contribution in [0.4, 0.5) is 74.6 Å². The zero-order valence-corrected chi connectivity index (χ0v) is 32.0. The predicted molar refractivity (Wildman–Crippen MR) is 173 cm³/mol. The largest absolute Gasteiger partial charge is 0.491 e. The van der Waals surface area contributed by atoms with Gasteiger partial charge < -0.3 is 19.0 Å². The third kappa shape index (κ3) is 10.4. The molecule has 5 nitrogen and oxygen atoms in total. The Labute approximate surface area is 317 Å². The fourth-order valence-corrected chi connectivity index (χ4v) is 9.95. The van der Waals surface area contributed by atoms with Gasteiger partial charge in [0.25, 0.3) is 0 Å². The molecule has 0 radical (unpaired) electrons. The molecule has 1 rings (SSSR count). The third-order valence-corrected chi connectivity index (χ3v) is 14.7. The summed E-state index contributed by atoms with van der Waals surface area (Å²) in [6.45, 7) is 7.93.